The van der Waals surface area contributed by atoms with Crippen LogP contribution in [-0.4, -0.2) is 65.1 Å². The van der Waals surface area contributed by atoms with Gasteiger partial charge < -0.3 is 19.6 Å². The quantitative estimate of drug-likeness (QED) is 0.905. The Kier molecular flexibility index (Phi) is 4.15. The van der Waals surface area contributed by atoms with Crippen LogP contribution >= 0.6 is 0 Å². The molecule has 1 aromatic carbocycles. The van der Waals surface area contributed by atoms with Gasteiger partial charge in [-0.2, -0.15) is 0 Å². The van der Waals surface area contributed by atoms with E-state index in [1.54, 1.807) is 23.1 Å². The van der Waals surface area contributed by atoms with Crippen molar-refractivity contribution in [1.29, 1.82) is 0 Å². The van der Waals surface area contributed by atoms with Crippen molar-refractivity contribution in [1.82, 2.24) is 9.80 Å². The number of aromatic hydroxyl groups is 1. The van der Waals surface area contributed by atoms with E-state index in [1.807, 2.05) is 4.90 Å². The fourth-order valence-electron chi connectivity index (χ4n) is 4.13. The van der Waals surface area contributed by atoms with Crippen LogP contribution in [0.2, 0.25) is 0 Å². The van der Waals surface area contributed by atoms with Crippen molar-refractivity contribution < 1.29 is 19.4 Å². The van der Waals surface area contributed by atoms with Crippen molar-refractivity contribution in [3.8, 4) is 5.75 Å². The van der Waals surface area contributed by atoms with Gasteiger partial charge in [0.2, 0.25) is 5.91 Å². The van der Waals surface area contributed by atoms with Crippen molar-refractivity contribution in [3.63, 3.8) is 0 Å². The maximum Gasteiger partial charge on any atom is 0.254 e. The second kappa shape index (κ2) is 6.33. The minimum Gasteiger partial charge on any atom is -0.508 e. The molecule has 0 unspecified atom stereocenters. The lowest BCUT2D eigenvalue weighted by Crippen LogP contribution is -2.66. The molecule has 1 atom stereocenters. The standard InChI is InChI=1S/C19H24N2O4/c22-16-4-1-3-15(9-16)18(24)21-12-19(13-21)7-6-14(11-25-19)10-20-8-2-5-17(20)23/h1,3-4,9,14,22H,2,5-8,10-13H2/t14-/m1/s1. The van der Waals surface area contributed by atoms with Crippen LogP contribution in [0, 0.1) is 5.92 Å². The highest BCUT2D eigenvalue weighted by Crippen LogP contribution is 2.37. The summed E-state index contributed by atoms with van der Waals surface area (Å²) in [6.07, 6.45) is 3.63. The summed E-state index contributed by atoms with van der Waals surface area (Å²) in [6.45, 7) is 3.57. The molecule has 3 saturated heterocycles. The van der Waals surface area contributed by atoms with Crippen LogP contribution in [0.25, 0.3) is 0 Å². The van der Waals surface area contributed by atoms with Crippen molar-refractivity contribution in [3.05, 3.63) is 29.8 Å². The monoisotopic (exact) mass is 344 g/mol. The van der Waals surface area contributed by atoms with E-state index in [-0.39, 0.29) is 23.2 Å². The third-order valence-electron chi connectivity index (χ3n) is 5.62. The third-order valence-corrected chi connectivity index (χ3v) is 5.62. The number of nitrogens with zero attached hydrogens (tertiary/aromatic N) is 2. The number of likely N-dealkylation sites (tertiary alicyclic amines) is 2. The van der Waals surface area contributed by atoms with Gasteiger partial charge in [0.05, 0.1) is 19.7 Å². The molecule has 3 fully saturated rings. The Morgan fingerprint density at radius 2 is 2.20 bits per heavy atom. The topological polar surface area (TPSA) is 70.1 Å². The third kappa shape index (κ3) is 3.23. The number of hydrogen-bond donors (Lipinski definition) is 1. The Balaban J connectivity index is 1.28. The lowest BCUT2D eigenvalue weighted by molar-refractivity contribution is -0.169. The largest absolute Gasteiger partial charge is 0.508 e. The predicted molar refractivity (Wildman–Crippen MR) is 91.2 cm³/mol. The number of ether oxygens (including phenoxy) is 1. The number of phenolic OH excluding ortho intramolecular Hbond substituents is 1. The molecule has 0 aliphatic carbocycles. The smallest absolute Gasteiger partial charge is 0.254 e. The average molecular weight is 344 g/mol. The molecule has 25 heavy (non-hydrogen) atoms. The second-order valence-corrected chi connectivity index (χ2v) is 7.55. The van der Waals surface area contributed by atoms with Gasteiger partial charge in [0.1, 0.15) is 11.4 Å². The first-order valence-electron chi connectivity index (χ1n) is 9.05. The number of phenols is 1. The lowest BCUT2D eigenvalue weighted by atomic mass is 9.82. The molecule has 1 aromatic rings. The number of benzene rings is 1. The molecule has 134 valence electrons. The van der Waals surface area contributed by atoms with E-state index < -0.39 is 0 Å². The van der Waals surface area contributed by atoms with Crippen LogP contribution < -0.4 is 0 Å². The van der Waals surface area contributed by atoms with Gasteiger partial charge in [-0.1, -0.05) is 6.07 Å². The zero-order valence-corrected chi connectivity index (χ0v) is 14.3. The Morgan fingerprint density at radius 1 is 1.36 bits per heavy atom. The molecule has 1 spiro atoms. The predicted octanol–water partition coefficient (Wildman–Crippen LogP) is 1.64. The van der Waals surface area contributed by atoms with Gasteiger partial charge in [0.25, 0.3) is 5.91 Å². The van der Waals surface area contributed by atoms with Gasteiger partial charge in [-0.25, -0.2) is 0 Å². The van der Waals surface area contributed by atoms with Gasteiger partial charge in [-0.05, 0) is 37.5 Å². The summed E-state index contributed by atoms with van der Waals surface area (Å²) in [5, 5.41) is 9.52. The molecular weight excluding hydrogens is 320 g/mol. The summed E-state index contributed by atoms with van der Waals surface area (Å²) >= 11 is 0. The highest BCUT2D eigenvalue weighted by atomic mass is 16.5. The molecule has 0 aromatic heterocycles. The van der Waals surface area contributed by atoms with E-state index in [9.17, 15) is 14.7 Å². The number of hydrogen-bond acceptors (Lipinski definition) is 4. The van der Waals surface area contributed by atoms with Crippen LogP contribution in [0.15, 0.2) is 24.3 Å². The SMILES string of the molecule is O=C1CCCN1C[C@H]1CCC2(CN(C(=O)c3cccc(O)c3)C2)OC1. The maximum absolute atomic E-state index is 12.5. The summed E-state index contributed by atoms with van der Waals surface area (Å²) in [4.78, 5) is 27.9. The Labute approximate surface area is 147 Å². The molecule has 0 bridgehead atoms. The first kappa shape index (κ1) is 16.4. The number of rotatable bonds is 3. The molecule has 3 heterocycles. The zero-order chi connectivity index (χ0) is 17.4. The zero-order valence-electron chi connectivity index (χ0n) is 14.3. The summed E-state index contributed by atoms with van der Waals surface area (Å²) < 4.78 is 6.12. The van der Waals surface area contributed by atoms with E-state index >= 15 is 0 Å². The molecule has 6 heteroatoms. The second-order valence-electron chi connectivity index (χ2n) is 7.55. The average Bonchev–Trinajstić information content (AvgIpc) is 2.98. The van der Waals surface area contributed by atoms with E-state index in [1.165, 1.54) is 6.07 Å². The Bertz CT molecular complexity index is 674. The van der Waals surface area contributed by atoms with Gasteiger partial charge in [0, 0.05) is 31.0 Å². The minimum absolute atomic E-state index is 0.0603. The van der Waals surface area contributed by atoms with E-state index in [0.717, 1.165) is 32.4 Å². The molecule has 2 amide bonds. The van der Waals surface area contributed by atoms with E-state index in [2.05, 4.69) is 0 Å². The minimum atomic E-state index is -0.210. The molecule has 1 N–H and O–H groups in total. The van der Waals surface area contributed by atoms with Gasteiger partial charge in [-0.3, -0.25) is 9.59 Å². The summed E-state index contributed by atoms with van der Waals surface area (Å²) in [7, 11) is 0. The molecule has 3 aliphatic rings. The lowest BCUT2D eigenvalue weighted by Gasteiger charge is -2.53. The van der Waals surface area contributed by atoms with Crippen LogP contribution in [0.1, 0.15) is 36.0 Å². The van der Waals surface area contributed by atoms with Crippen LogP contribution in [0.4, 0.5) is 0 Å². The van der Waals surface area contributed by atoms with Crippen LogP contribution in [0.5, 0.6) is 5.75 Å². The summed E-state index contributed by atoms with van der Waals surface area (Å²) in [5.41, 5.74) is 0.300. The summed E-state index contributed by atoms with van der Waals surface area (Å²) in [6, 6.07) is 6.46. The van der Waals surface area contributed by atoms with Crippen molar-refractivity contribution in [2.45, 2.75) is 31.3 Å². The van der Waals surface area contributed by atoms with Crippen LogP contribution in [0.3, 0.4) is 0 Å². The van der Waals surface area contributed by atoms with Crippen LogP contribution in [-0.2, 0) is 9.53 Å². The molecule has 0 radical (unpaired) electrons. The first-order chi connectivity index (χ1) is 12.0. The number of carbonyl (C=O) groups is 2. The molecule has 0 saturated carbocycles. The van der Waals surface area contributed by atoms with Gasteiger partial charge in [-0.15, -0.1) is 0 Å². The van der Waals surface area contributed by atoms with Crippen molar-refractivity contribution in [2.24, 2.45) is 5.92 Å². The Hall–Kier alpha value is -2.08. The maximum atomic E-state index is 12.5. The molecule has 6 nitrogen and oxygen atoms in total. The highest BCUT2D eigenvalue weighted by molar-refractivity contribution is 5.95. The fraction of sp³-hybridized carbons (Fsp3) is 0.579. The number of amides is 2. The molecule has 4 rings (SSSR count). The summed E-state index contributed by atoms with van der Waals surface area (Å²) in [5.74, 6) is 0.722. The van der Waals surface area contributed by atoms with E-state index in [0.29, 0.717) is 37.6 Å². The molecule has 3 aliphatic heterocycles. The van der Waals surface area contributed by atoms with Crippen molar-refractivity contribution >= 4 is 11.8 Å². The molecular formula is C19H24N2O4. The fourth-order valence-corrected chi connectivity index (χ4v) is 4.13. The van der Waals surface area contributed by atoms with Crippen molar-refractivity contribution in [2.75, 3.05) is 32.8 Å². The van der Waals surface area contributed by atoms with E-state index in [4.69, 9.17) is 4.74 Å². The number of carbonyl (C=O) groups excluding carboxylic acids is 2. The van der Waals surface area contributed by atoms with Gasteiger partial charge >= 0.3 is 0 Å². The highest BCUT2D eigenvalue weighted by Gasteiger charge is 2.48. The normalized spacial score (nSPS) is 25.3. The Morgan fingerprint density at radius 3 is 2.84 bits per heavy atom. The first-order valence-corrected chi connectivity index (χ1v) is 9.05. The van der Waals surface area contributed by atoms with Gasteiger partial charge in [0.15, 0.2) is 0 Å².